The third-order valence-electron chi connectivity index (χ3n) is 2.69. The van der Waals surface area contributed by atoms with Crippen molar-refractivity contribution in [3.05, 3.63) is 23.3 Å². The molecular weight excluding hydrogens is 244 g/mol. The fourth-order valence-corrected chi connectivity index (χ4v) is 1.72. The lowest BCUT2D eigenvalue weighted by atomic mass is 10.1. The van der Waals surface area contributed by atoms with Gasteiger partial charge in [0.15, 0.2) is 11.5 Å². The second-order valence-corrected chi connectivity index (χ2v) is 4.38. The molecule has 0 amide bonds. The van der Waals surface area contributed by atoms with Crippen molar-refractivity contribution in [2.75, 3.05) is 27.9 Å². The van der Waals surface area contributed by atoms with Crippen LogP contribution in [0.3, 0.4) is 0 Å². The molecule has 4 heteroatoms. The molecule has 0 aliphatic carbocycles. The quantitative estimate of drug-likeness (QED) is 0.740. The van der Waals surface area contributed by atoms with E-state index in [0.717, 1.165) is 5.56 Å². The maximum Gasteiger partial charge on any atom is 0.207 e. The second-order valence-electron chi connectivity index (χ2n) is 4.38. The van der Waals surface area contributed by atoms with Gasteiger partial charge in [0.25, 0.3) is 0 Å². The lowest BCUT2D eigenvalue weighted by Gasteiger charge is -2.18. The molecule has 0 saturated carbocycles. The lowest BCUT2D eigenvalue weighted by Crippen LogP contribution is -2.02. The van der Waals surface area contributed by atoms with Gasteiger partial charge in [-0.3, -0.25) is 0 Å². The first kappa shape index (κ1) is 15.2. The van der Waals surface area contributed by atoms with Crippen LogP contribution in [0.4, 0.5) is 0 Å². The summed E-state index contributed by atoms with van der Waals surface area (Å²) in [7, 11) is 4.76. The zero-order valence-corrected chi connectivity index (χ0v) is 12.5. The monoisotopic (exact) mass is 266 g/mol. The topological polar surface area (TPSA) is 36.9 Å². The maximum atomic E-state index is 5.77. The van der Waals surface area contributed by atoms with Crippen molar-refractivity contribution in [1.82, 2.24) is 0 Å². The van der Waals surface area contributed by atoms with Crippen LogP contribution in [0.2, 0.25) is 0 Å². The Morgan fingerprint density at radius 3 is 2.11 bits per heavy atom. The molecule has 0 unspecified atom stereocenters. The number of hydrogen-bond acceptors (Lipinski definition) is 4. The Morgan fingerprint density at radius 1 is 1.00 bits per heavy atom. The van der Waals surface area contributed by atoms with E-state index >= 15 is 0 Å². The van der Waals surface area contributed by atoms with E-state index in [2.05, 4.69) is 0 Å². The van der Waals surface area contributed by atoms with Crippen LogP contribution in [0, 0.1) is 6.92 Å². The maximum absolute atomic E-state index is 5.77. The number of hydrogen-bond donors (Lipinski definition) is 0. The molecule has 0 N–H and O–H groups in total. The minimum Gasteiger partial charge on any atom is -0.493 e. The molecule has 106 valence electrons. The summed E-state index contributed by atoms with van der Waals surface area (Å²) in [5.41, 5.74) is 2.15. The third kappa shape index (κ3) is 3.56. The summed E-state index contributed by atoms with van der Waals surface area (Å²) in [6.45, 7) is 6.50. The van der Waals surface area contributed by atoms with Crippen molar-refractivity contribution in [2.24, 2.45) is 0 Å². The van der Waals surface area contributed by atoms with E-state index in [4.69, 9.17) is 18.9 Å². The number of rotatable bonds is 6. The van der Waals surface area contributed by atoms with Gasteiger partial charge >= 0.3 is 0 Å². The molecule has 0 atom stereocenters. The van der Waals surface area contributed by atoms with E-state index in [1.807, 2.05) is 32.9 Å². The van der Waals surface area contributed by atoms with Crippen LogP contribution in [0.1, 0.15) is 19.4 Å². The van der Waals surface area contributed by atoms with Crippen LogP contribution in [-0.4, -0.2) is 27.9 Å². The Balaban J connectivity index is 3.18. The van der Waals surface area contributed by atoms with Crippen LogP contribution < -0.4 is 18.9 Å². The summed E-state index contributed by atoms with van der Waals surface area (Å²) in [6, 6.07) is 1.87. The summed E-state index contributed by atoms with van der Waals surface area (Å²) < 4.78 is 21.8. The molecule has 0 saturated heterocycles. The molecule has 19 heavy (non-hydrogen) atoms. The normalized spacial score (nSPS) is 9.79. The van der Waals surface area contributed by atoms with Crippen molar-refractivity contribution < 1.29 is 18.9 Å². The highest BCUT2D eigenvalue weighted by Gasteiger charge is 2.19. The average molecular weight is 266 g/mol. The first-order valence-corrected chi connectivity index (χ1v) is 6.10. The van der Waals surface area contributed by atoms with Gasteiger partial charge in [-0.05, 0) is 38.5 Å². The average Bonchev–Trinajstić information content (AvgIpc) is 2.38. The minimum absolute atomic E-state index is 0.495. The molecule has 1 rings (SSSR count). The van der Waals surface area contributed by atoms with E-state index in [-0.39, 0.29) is 0 Å². The first-order valence-electron chi connectivity index (χ1n) is 6.10. The molecule has 4 nitrogen and oxygen atoms in total. The van der Waals surface area contributed by atoms with E-state index in [1.54, 1.807) is 21.3 Å². The fraction of sp³-hybridized carbons (Fsp3) is 0.467. The lowest BCUT2D eigenvalue weighted by molar-refractivity contribution is 0.293. The van der Waals surface area contributed by atoms with Gasteiger partial charge in [-0.2, -0.15) is 0 Å². The van der Waals surface area contributed by atoms with E-state index in [1.165, 1.54) is 5.57 Å². The van der Waals surface area contributed by atoms with Gasteiger partial charge in [0, 0.05) is 0 Å². The molecule has 0 heterocycles. The van der Waals surface area contributed by atoms with Gasteiger partial charge in [-0.15, -0.1) is 0 Å². The molecule has 0 aliphatic heterocycles. The Morgan fingerprint density at radius 2 is 1.63 bits per heavy atom. The Kier molecular flexibility index (Phi) is 5.55. The summed E-state index contributed by atoms with van der Waals surface area (Å²) in [4.78, 5) is 0. The highest BCUT2D eigenvalue weighted by atomic mass is 16.5. The van der Waals surface area contributed by atoms with Gasteiger partial charge in [-0.25, -0.2) is 0 Å². The van der Waals surface area contributed by atoms with Crippen LogP contribution in [-0.2, 0) is 0 Å². The van der Waals surface area contributed by atoms with Crippen LogP contribution in [0.5, 0.6) is 23.0 Å². The van der Waals surface area contributed by atoms with Gasteiger partial charge < -0.3 is 18.9 Å². The van der Waals surface area contributed by atoms with Crippen molar-refractivity contribution in [1.29, 1.82) is 0 Å². The van der Waals surface area contributed by atoms with Crippen LogP contribution in [0.25, 0.3) is 0 Å². The molecule has 1 aromatic carbocycles. The smallest absolute Gasteiger partial charge is 0.207 e. The zero-order valence-electron chi connectivity index (χ0n) is 12.5. The SMILES string of the molecule is COc1cc(C)c(OCC=C(C)C)c(OC)c1OC. The molecule has 1 aromatic rings. The van der Waals surface area contributed by atoms with E-state index in [9.17, 15) is 0 Å². The van der Waals surface area contributed by atoms with Gasteiger partial charge in [-0.1, -0.05) is 5.57 Å². The summed E-state index contributed by atoms with van der Waals surface area (Å²) in [6.07, 6.45) is 2.01. The molecule has 0 radical (unpaired) electrons. The molecule has 0 bridgehead atoms. The standard InChI is InChI=1S/C15H22O4/c1-10(2)7-8-19-13-11(3)9-12(16-4)14(17-5)15(13)18-6/h7,9H,8H2,1-6H3. The van der Waals surface area contributed by atoms with Gasteiger partial charge in [0.05, 0.1) is 21.3 Å². The third-order valence-corrected chi connectivity index (χ3v) is 2.69. The number of ether oxygens (including phenoxy) is 4. The van der Waals surface area contributed by atoms with Crippen molar-refractivity contribution >= 4 is 0 Å². The first-order chi connectivity index (χ1) is 9.04. The second kappa shape index (κ2) is 6.92. The van der Waals surface area contributed by atoms with E-state index < -0.39 is 0 Å². The van der Waals surface area contributed by atoms with Crippen LogP contribution in [0.15, 0.2) is 17.7 Å². The van der Waals surface area contributed by atoms with Crippen molar-refractivity contribution in [3.8, 4) is 23.0 Å². The van der Waals surface area contributed by atoms with Crippen LogP contribution >= 0.6 is 0 Å². The molecule has 0 fully saturated rings. The summed E-state index contributed by atoms with van der Waals surface area (Å²) in [5.74, 6) is 2.41. The number of benzene rings is 1. The molecule has 0 aliphatic rings. The molecular formula is C15H22O4. The van der Waals surface area contributed by atoms with Gasteiger partial charge in [0.1, 0.15) is 6.61 Å². The fourth-order valence-electron chi connectivity index (χ4n) is 1.72. The zero-order chi connectivity index (χ0) is 14.4. The summed E-state index contributed by atoms with van der Waals surface area (Å²) in [5, 5.41) is 0. The number of allylic oxidation sites excluding steroid dienone is 1. The highest BCUT2D eigenvalue weighted by Crippen LogP contribution is 2.46. The summed E-state index contributed by atoms with van der Waals surface area (Å²) >= 11 is 0. The predicted molar refractivity (Wildman–Crippen MR) is 75.8 cm³/mol. The van der Waals surface area contributed by atoms with Crippen molar-refractivity contribution in [2.45, 2.75) is 20.8 Å². The highest BCUT2D eigenvalue weighted by molar-refractivity contribution is 5.62. The molecule has 0 aromatic heterocycles. The molecule has 0 spiro atoms. The van der Waals surface area contributed by atoms with Gasteiger partial charge in [0.2, 0.25) is 11.5 Å². The van der Waals surface area contributed by atoms with E-state index in [0.29, 0.717) is 29.6 Å². The Hall–Kier alpha value is -1.84. The Labute approximate surface area is 114 Å². The Bertz CT molecular complexity index is 460. The number of aryl methyl sites for hydroxylation is 1. The predicted octanol–water partition coefficient (Wildman–Crippen LogP) is 3.37. The largest absolute Gasteiger partial charge is 0.493 e. The number of methoxy groups -OCH3 is 3. The minimum atomic E-state index is 0.495. The van der Waals surface area contributed by atoms with Crippen molar-refractivity contribution in [3.63, 3.8) is 0 Å².